The molecule has 5 heterocycles. The molecule has 0 radical (unpaired) electrons. The highest BCUT2D eigenvalue weighted by molar-refractivity contribution is 6.39. The molecule has 0 spiro atoms. The highest BCUT2D eigenvalue weighted by Gasteiger charge is 2.35. The first-order valence-corrected chi connectivity index (χ1v) is 12.5. The van der Waals surface area contributed by atoms with Crippen LogP contribution < -0.4 is 11.1 Å². The monoisotopic (exact) mass is 489 g/mol. The number of fused-ring (bicyclic) bond motifs is 4. The van der Waals surface area contributed by atoms with E-state index in [0.717, 1.165) is 60.1 Å². The molecular weight excluding hydrogens is 458 g/mol. The van der Waals surface area contributed by atoms with Crippen LogP contribution in [0, 0.1) is 5.92 Å². The second-order valence-corrected chi connectivity index (χ2v) is 10.3. The Bertz CT molecular complexity index is 1370. The number of carbonyl (C=O) groups excluding carboxylic acids is 2. The molecule has 10 nitrogen and oxygen atoms in total. The van der Waals surface area contributed by atoms with Gasteiger partial charge in [0.1, 0.15) is 5.82 Å². The molecule has 0 bridgehead atoms. The van der Waals surface area contributed by atoms with Crippen LogP contribution in [0.1, 0.15) is 48.2 Å². The van der Waals surface area contributed by atoms with Gasteiger partial charge in [-0.2, -0.15) is 5.10 Å². The van der Waals surface area contributed by atoms with E-state index < -0.39 is 11.8 Å². The maximum Gasteiger partial charge on any atom is 0.313 e. The van der Waals surface area contributed by atoms with Gasteiger partial charge in [-0.1, -0.05) is 13.0 Å². The fourth-order valence-corrected chi connectivity index (χ4v) is 5.69. The lowest BCUT2D eigenvalue weighted by Gasteiger charge is -2.38. The summed E-state index contributed by atoms with van der Waals surface area (Å²) in [6.45, 7) is 6.03. The number of likely N-dealkylation sites (N-methyl/N-ethyl adjacent to an activating group) is 1. The van der Waals surface area contributed by atoms with E-state index in [-0.39, 0.29) is 6.04 Å². The molecule has 2 unspecified atom stereocenters. The lowest BCUT2D eigenvalue weighted by Crippen LogP contribution is -2.46. The Balaban J connectivity index is 1.28. The Labute approximate surface area is 209 Å². The van der Waals surface area contributed by atoms with Gasteiger partial charge in [-0.25, -0.2) is 4.98 Å². The number of nitrogens with one attached hydrogen (secondary N) is 1. The van der Waals surface area contributed by atoms with Crippen molar-refractivity contribution in [3.8, 4) is 0 Å². The number of pyridine rings is 1. The minimum Gasteiger partial charge on any atom is -0.383 e. The van der Waals surface area contributed by atoms with Crippen molar-refractivity contribution in [2.24, 2.45) is 5.92 Å². The standard InChI is InChI=1S/C26H31N7O3/c1-15-3-6-22(16-4-5-20-17(9-16)23-12-31(2)7-8-33(23)30-20)32(11-15)26(35)25(34)29-21-10-28-24(27)19-14-36-13-18(19)21/h4-5,9-10,15,22H,3,6-8,11-14H2,1-2H3,(H2,27,28)(H,29,34). The number of nitrogens with two attached hydrogens (primary N) is 1. The zero-order valence-electron chi connectivity index (χ0n) is 20.7. The topological polar surface area (TPSA) is 119 Å². The van der Waals surface area contributed by atoms with Gasteiger partial charge in [0.05, 0.1) is 48.9 Å². The van der Waals surface area contributed by atoms with E-state index >= 15 is 0 Å². The third-order valence-electron chi connectivity index (χ3n) is 7.71. The largest absolute Gasteiger partial charge is 0.383 e. The predicted molar refractivity (Wildman–Crippen MR) is 135 cm³/mol. The van der Waals surface area contributed by atoms with Crippen molar-refractivity contribution in [2.45, 2.75) is 52.1 Å². The summed E-state index contributed by atoms with van der Waals surface area (Å²) in [7, 11) is 2.12. The molecule has 188 valence electrons. The summed E-state index contributed by atoms with van der Waals surface area (Å²) in [4.78, 5) is 34.8. The Morgan fingerprint density at radius 1 is 1.17 bits per heavy atom. The van der Waals surface area contributed by atoms with E-state index in [0.29, 0.717) is 37.2 Å². The van der Waals surface area contributed by atoms with Gasteiger partial charge in [0, 0.05) is 36.1 Å². The second kappa shape index (κ2) is 8.86. The molecule has 0 aliphatic carbocycles. The quantitative estimate of drug-likeness (QED) is 0.531. The van der Waals surface area contributed by atoms with Crippen LogP contribution in [0.4, 0.5) is 11.5 Å². The maximum atomic E-state index is 13.5. The van der Waals surface area contributed by atoms with E-state index in [4.69, 9.17) is 15.6 Å². The number of aromatic nitrogens is 3. The molecule has 3 aliphatic rings. The number of nitrogens with zero attached hydrogens (tertiary/aromatic N) is 5. The van der Waals surface area contributed by atoms with Gasteiger partial charge >= 0.3 is 11.8 Å². The number of ether oxygens (including phenoxy) is 1. The molecule has 3 aromatic rings. The number of hydrogen-bond donors (Lipinski definition) is 2. The number of rotatable bonds is 2. The molecule has 6 rings (SSSR count). The number of hydrogen-bond acceptors (Lipinski definition) is 7. The molecule has 2 aromatic heterocycles. The first kappa shape index (κ1) is 22.9. The summed E-state index contributed by atoms with van der Waals surface area (Å²) in [5.74, 6) is -0.496. The van der Waals surface area contributed by atoms with Crippen LogP contribution in [0.3, 0.4) is 0 Å². The molecule has 2 atom stereocenters. The third-order valence-corrected chi connectivity index (χ3v) is 7.71. The van der Waals surface area contributed by atoms with Crippen LogP contribution in [0.2, 0.25) is 0 Å². The molecule has 1 fully saturated rings. The number of benzene rings is 1. The Morgan fingerprint density at radius 3 is 2.86 bits per heavy atom. The van der Waals surface area contributed by atoms with Gasteiger partial charge < -0.3 is 20.7 Å². The minimum atomic E-state index is -0.666. The van der Waals surface area contributed by atoms with Crippen LogP contribution in [0.15, 0.2) is 24.4 Å². The summed E-state index contributed by atoms with van der Waals surface area (Å²) in [6.07, 6.45) is 3.30. The van der Waals surface area contributed by atoms with Gasteiger partial charge in [-0.15, -0.1) is 0 Å². The summed E-state index contributed by atoms with van der Waals surface area (Å²) in [6, 6.07) is 6.09. The van der Waals surface area contributed by atoms with Gasteiger partial charge in [-0.05, 0) is 43.5 Å². The Hall–Kier alpha value is -3.50. The number of anilines is 2. The normalized spacial score (nSPS) is 21.9. The first-order chi connectivity index (χ1) is 17.4. The van der Waals surface area contributed by atoms with E-state index in [1.165, 1.54) is 11.9 Å². The molecular formula is C26H31N7O3. The van der Waals surface area contributed by atoms with Crippen LogP contribution in [0.5, 0.6) is 0 Å². The first-order valence-electron chi connectivity index (χ1n) is 12.5. The lowest BCUT2D eigenvalue weighted by molar-refractivity contribution is -0.146. The molecule has 3 aliphatic heterocycles. The van der Waals surface area contributed by atoms with E-state index in [1.54, 1.807) is 4.90 Å². The summed E-state index contributed by atoms with van der Waals surface area (Å²) >= 11 is 0. The lowest BCUT2D eigenvalue weighted by atomic mass is 9.89. The molecule has 36 heavy (non-hydrogen) atoms. The number of likely N-dealkylation sites (tertiary alicyclic amines) is 1. The van der Waals surface area contributed by atoms with Gasteiger partial charge in [0.2, 0.25) is 0 Å². The molecule has 1 aromatic carbocycles. The van der Waals surface area contributed by atoms with Gasteiger partial charge in [0.15, 0.2) is 0 Å². The molecule has 0 saturated carbocycles. The van der Waals surface area contributed by atoms with Crippen LogP contribution in [0.25, 0.3) is 10.9 Å². The average molecular weight is 490 g/mol. The Morgan fingerprint density at radius 2 is 2.00 bits per heavy atom. The van der Waals surface area contributed by atoms with Crippen molar-refractivity contribution in [3.63, 3.8) is 0 Å². The van der Waals surface area contributed by atoms with Crippen molar-refractivity contribution in [3.05, 3.63) is 46.8 Å². The number of amides is 2. The van der Waals surface area contributed by atoms with Crippen LogP contribution in [-0.2, 0) is 40.6 Å². The number of nitrogen functional groups attached to an aromatic ring is 1. The molecule has 1 saturated heterocycles. The SMILES string of the molecule is CC1CCC(c2ccc3nn4c(c3c2)CN(C)CC4)N(C(=O)C(=O)Nc2cnc(N)c3c2COC3)C1. The van der Waals surface area contributed by atoms with Crippen molar-refractivity contribution in [1.82, 2.24) is 24.6 Å². The number of piperidine rings is 1. The second-order valence-electron chi connectivity index (χ2n) is 10.3. The van der Waals surface area contributed by atoms with E-state index in [1.807, 2.05) is 6.07 Å². The smallest absolute Gasteiger partial charge is 0.313 e. The fourth-order valence-electron chi connectivity index (χ4n) is 5.69. The zero-order valence-corrected chi connectivity index (χ0v) is 20.7. The van der Waals surface area contributed by atoms with Crippen molar-refractivity contribution >= 4 is 34.2 Å². The highest BCUT2D eigenvalue weighted by atomic mass is 16.5. The summed E-state index contributed by atoms with van der Waals surface area (Å²) in [5, 5.41) is 8.67. The van der Waals surface area contributed by atoms with Gasteiger partial charge in [-0.3, -0.25) is 19.2 Å². The van der Waals surface area contributed by atoms with Gasteiger partial charge in [0.25, 0.3) is 0 Å². The molecule has 2 amide bonds. The van der Waals surface area contributed by atoms with Crippen molar-refractivity contribution in [2.75, 3.05) is 31.2 Å². The Kier molecular flexibility index (Phi) is 5.65. The third kappa shape index (κ3) is 3.90. The van der Waals surface area contributed by atoms with Crippen molar-refractivity contribution < 1.29 is 14.3 Å². The highest BCUT2D eigenvalue weighted by Crippen LogP contribution is 2.36. The average Bonchev–Trinajstić information content (AvgIpc) is 3.51. The summed E-state index contributed by atoms with van der Waals surface area (Å²) < 4.78 is 7.58. The fraction of sp³-hybridized carbons (Fsp3) is 0.462. The maximum absolute atomic E-state index is 13.5. The van der Waals surface area contributed by atoms with Crippen molar-refractivity contribution in [1.29, 1.82) is 0 Å². The zero-order chi connectivity index (χ0) is 25.0. The molecule has 3 N–H and O–H groups in total. The van der Waals surface area contributed by atoms with Crippen LogP contribution >= 0.6 is 0 Å². The minimum absolute atomic E-state index is 0.167. The van der Waals surface area contributed by atoms with Crippen LogP contribution in [-0.4, -0.2) is 56.5 Å². The number of carbonyl (C=O) groups is 2. The van der Waals surface area contributed by atoms with E-state index in [2.05, 4.69) is 46.0 Å². The summed E-state index contributed by atoms with van der Waals surface area (Å²) in [5.41, 5.74) is 11.2. The molecule has 10 heteroatoms. The van der Waals surface area contributed by atoms with E-state index in [9.17, 15) is 9.59 Å². The predicted octanol–water partition coefficient (Wildman–Crippen LogP) is 2.43.